The number of aliphatic carboxylic acids is 1. The van der Waals surface area contributed by atoms with Crippen LogP contribution in [0.5, 0.6) is 0 Å². The van der Waals surface area contributed by atoms with Crippen molar-refractivity contribution in [3.63, 3.8) is 0 Å². The van der Waals surface area contributed by atoms with Gasteiger partial charge in [-0.1, -0.05) is 18.2 Å². The zero-order valence-corrected chi connectivity index (χ0v) is 6.65. The summed E-state index contributed by atoms with van der Waals surface area (Å²) >= 11 is 0. The summed E-state index contributed by atoms with van der Waals surface area (Å²) in [4.78, 5) is 21.7. The number of hydrogen-bond donors (Lipinski definition) is 2. The summed E-state index contributed by atoms with van der Waals surface area (Å²) < 4.78 is 14.0. The largest absolute Gasteiger partial charge is 0.480 e. The molecule has 0 spiro atoms. The van der Waals surface area contributed by atoms with Crippen LogP contribution in [0.15, 0.2) is 30.3 Å². The molecule has 0 aromatic heterocycles. The summed E-state index contributed by atoms with van der Waals surface area (Å²) in [5, 5.41) is 10.2. The number of carboxylic acid groups (broad SMARTS) is 1. The van der Waals surface area contributed by atoms with E-state index in [2.05, 4.69) is 0 Å². The Morgan fingerprint density at radius 3 is 2.54 bits per heavy atom. The third-order valence-electron chi connectivity index (χ3n) is 1.32. The van der Waals surface area contributed by atoms with Gasteiger partial charge in [0.15, 0.2) is 0 Å². The lowest BCUT2D eigenvalue weighted by Crippen LogP contribution is -2.29. The van der Waals surface area contributed by atoms with Crippen LogP contribution >= 0.6 is 0 Å². The maximum atomic E-state index is 11.4. The van der Waals surface area contributed by atoms with Crippen LogP contribution in [-0.4, -0.2) is 23.5 Å². The third kappa shape index (κ3) is 2.94. The number of nitrogens with one attached hydrogen (secondary N) is 1. The van der Waals surface area contributed by atoms with E-state index in [0.717, 1.165) is 0 Å². The second-order valence-electron chi connectivity index (χ2n) is 2.25. The van der Waals surface area contributed by atoms with Crippen molar-refractivity contribution in [2.45, 2.75) is 0 Å². The molecule has 0 radical (unpaired) electrons. The normalized spacial score (nSPS) is 12.6. The van der Waals surface area contributed by atoms with Gasteiger partial charge in [0.1, 0.15) is 6.50 Å². The minimum Gasteiger partial charge on any atom is -0.480 e. The molecule has 1 aromatic carbocycles. The van der Waals surface area contributed by atoms with Gasteiger partial charge in [-0.2, -0.15) is 0 Å². The van der Waals surface area contributed by atoms with E-state index in [9.17, 15) is 9.59 Å². The van der Waals surface area contributed by atoms with Crippen molar-refractivity contribution in [2.24, 2.45) is 0 Å². The van der Waals surface area contributed by atoms with E-state index in [1.807, 2.05) is 0 Å². The first-order valence-corrected chi connectivity index (χ1v) is 3.54. The summed E-state index contributed by atoms with van der Waals surface area (Å²) in [5.74, 6) is -2.49. The Bertz CT molecular complexity index is 378. The molecule has 2 N–H and O–H groups in total. The van der Waals surface area contributed by atoms with Crippen LogP contribution in [0, 0.1) is 0 Å². The third-order valence-corrected chi connectivity index (χ3v) is 1.32. The van der Waals surface area contributed by atoms with E-state index in [-0.39, 0.29) is 5.56 Å². The molecule has 0 aliphatic heterocycles. The summed E-state index contributed by atoms with van der Waals surface area (Å²) in [6.07, 6.45) is 0. The van der Waals surface area contributed by atoms with Gasteiger partial charge in [-0.3, -0.25) is 9.59 Å². The van der Waals surface area contributed by atoms with Gasteiger partial charge >= 0.3 is 5.97 Å². The SMILES string of the molecule is [2H]C([2H])(NC(=O)c1ccccc1)C(=O)O. The van der Waals surface area contributed by atoms with Crippen molar-refractivity contribution in [3.05, 3.63) is 35.9 Å². The zero-order chi connectivity index (χ0) is 11.5. The first kappa shape index (κ1) is 6.65. The molecule has 4 nitrogen and oxygen atoms in total. The van der Waals surface area contributed by atoms with Gasteiger partial charge in [0, 0.05) is 5.56 Å². The minimum atomic E-state index is -2.76. The minimum absolute atomic E-state index is 0.211. The molecule has 13 heavy (non-hydrogen) atoms. The summed E-state index contributed by atoms with van der Waals surface area (Å²) in [6.45, 7) is -2.76. The van der Waals surface area contributed by atoms with E-state index in [4.69, 9.17) is 7.85 Å². The maximum absolute atomic E-state index is 11.4. The molecule has 1 aromatic rings. The van der Waals surface area contributed by atoms with Crippen LogP contribution in [0.2, 0.25) is 0 Å². The van der Waals surface area contributed by atoms with Gasteiger partial charge in [0.05, 0.1) is 2.74 Å². The number of carbonyl (C=O) groups is 2. The highest BCUT2D eigenvalue weighted by Gasteiger charge is 2.04. The van der Waals surface area contributed by atoms with E-state index < -0.39 is 18.4 Å². The lowest BCUT2D eigenvalue weighted by atomic mass is 10.2. The highest BCUT2D eigenvalue weighted by atomic mass is 16.4. The number of carboxylic acids is 1. The Labute approximate surface area is 78.0 Å². The van der Waals surface area contributed by atoms with Crippen LogP contribution in [0.3, 0.4) is 0 Å². The van der Waals surface area contributed by atoms with Crippen LogP contribution in [0.25, 0.3) is 0 Å². The quantitative estimate of drug-likeness (QED) is 0.713. The second-order valence-corrected chi connectivity index (χ2v) is 2.25. The van der Waals surface area contributed by atoms with Crippen molar-refractivity contribution < 1.29 is 17.4 Å². The highest BCUT2D eigenvalue weighted by Crippen LogP contribution is 1.96. The molecule has 0 aliphatic carbocycles. The molecule has 0 bridgehead atoms. The molecule has 4 heteroatoms. The Kier molecular flexibility index (Phi) is 2.18. The first-order chi connectivity index (χ1) is 6.93. The molecular formula is C9H9NO3. The molecule has 0 saturated carbocycles. The fraction of sp³-hybridized carbons (Fsp3) is 0.111. The van der Waals surface area contributed by atoms with E-state index in [1.165, 1.54) is 12.1 Å². The topological polar surface area (TPSA) is 66.4 Å². The monoisotopic (exact) mass is 181 g/mol. The number of benzene rings is 1. The van der Waals surface area contributed by atoms with E-state index in [1.54, 1.807) is 23.5 Å². The Balaban J connectivity index is 2.77. The number of rotatable bonds is 3. The fourth-order valence-corrected chi connectivity index (χ4v) is 0.772. The molecule has 68 valence electrons. The van der Waals surface area contributed by atoms with Crippen LogP contribution < -0.4 is 5.32 Å². The molecule has 0 atom stereocenters. The van der Waals surface area contributed by atoms with Crippen molar-refractivity contribution in [3.8, 4) is 0 Å². The van der Waals surface area contributed by atoms with Gasteiger partial charge in [-0.05, 0) is 12.1 Å². The Morgan fingerprint density at radius 2 is 2.00 bits per heavy atom. The molecule has 1 rings (SSSR count). The maximum Gasteiger partial charge on any atom is 0.322 e. The van der Waals surface area contributed by atoms with Crippen molar-refractivity contribution in [1.82, 2.24) is 5.32 Å². The van der Waals surface area contributed by atoms with Crippen molar-refractivity contribution >= 4 is 11.9 Å². The lowest BCUT2D eigenvalue weighted by Gasteiger charge is -2.00. The summed E-state index contributed by atoms with van der Waals surface area (Å²) in [7, 11) is 0. The summed E-state index contributed by atoms with van der Waals surface area (Å²) in [6, 6.07) is 7.83. The number of carbonyl (C=O) groups excluding carboxylic acids is 1. The predicted molar refractivity (Wildman–Crippen MR) is 46.4 cm³/mol. The van der Waals surface area contributed by atoms with Crippen LogP contribution in [0.1, 0.15) is 13.1 Å². The molecule has 1 amide bonds. The van der Waals surface area contributed by atoms with Crippen LogP contribution in [-0.2, 0) is 4.79 Å². The van der Waals surface area contributed by atoms with Gasteiger partial charge in [-0.25, -0.2) is 0 Å². The zero-order valence-electron chi connectivity index (χ0n) is 8.65. The van der Waals surface area contributed by atoms with Crippen molar-refractivity contribution in [2.75, 3.05) is 6.50 Å². The van der Waals surface area contributed by atoms with E-state index >= 15 is 0 Å². The number of hydrogen-bond acceptors (Lipinski definition) is 2. The van der Waals surface area contributed by atoms with Crippen LogP contribution in [0.4, 0.5) is 0 Å². The molecule has 0 unspecified atom stereocenters. The second kappa shape index (κ2) is 4.25. The van der Waals surface area contributed by atoms with Crippen molar-refractivity contribution in [1.29, 1.82) is 0 Å². The van der Waals surface area contributed by atoms with Gasteiger partial charge in [0.25, 0.3) is 5.91 Å². The molecular weight excluding hydrogens is 170 g/mol. The molecule has 0 aliphatic rings. The standard InChI is InChI=1S/C9H9NO3/c11-8(12)6-10-9(13)7-4-2-1-3-5-7/h1-5H,6H2,(H,10,13)(H,11,12)/i6D2. The Hall–Kier alpha value is -1.84. The molecule has 0 fully saturated rings. The summed E-state index contributed by atoms with van der Waals surface area (Å²) in [5.41, 5.74) is 0.211. The fourth-order valence-electron chi connectivity index (χ4n) is 0.772. The predicted octanol–water partition coefficient (Wildman–Crippen LogP) is 0.501. The van der Waals surface area contributed by atoms with Gasteiger partial charge < -0.3 is 10.4 Å². The average molecular weight is 181 g/mol. The average Bonchev–Trinajstić information content (AvgIpc) is 2.18. The first-order valence-electron chi connectivity index (χ1n) is 4.54. The lowest BCUT2D eigenvalue weighted by molar-refractivity contribution is -0.135. The Morgan fingerprint density at radius 1 is 1.38 bits per heavy atom. The van der Waals surface area contributed by atoms with Gasteiger partial charge in [0.2, 0.25) is 0 Å². The smallest absolute Gasteiger partial charge is 0.322 e. The van der Waals surface area contributed by atoms with Gasteiger partial charge in [-0.15, -0.1) is 0 Å². The highest BCUT2D eigenvalue weighted by molar-refractivity contribution is 5.95. The van der Waals surface area contributed by atoms with E-state index in [0.29, 0.717) is 0 Å². The number of amides is 1. The molecule has 0 heterocycles. The molecule has 0 saturated heterocycles.